The number of ether oxygens (including phenoxy) is 1. The van der Waals surface area contributed by atoms with Crippen molar-refractivity contribution in [3.63, 3.8) is 0 Å². The van der Waals surface area contributed by atoms with Crippen molar-refractivity contribution in [1.29, 1.82) is 0 Å². The van der Waals surface area contributed by atoms with Crippen molar-refractivity contribution in [1.82, 2.24) is 19.9 Å². The largest absolute Gasteiger partial charge is 0.453 e. The van der Waals surface area contributed by atoms with Crippen LogP contribution in [-0.4, -0.2) is 39.9 Å². The molecule has 7 nitrogen and oxygen atoms in total. The van der Waals surface area contributed by atoms with E-state index in [-0.39, 0.29) is 5.91 Å². The third kappa shape index (κ3) is 4.80. The molecule has 0 bridgehead atoms. The van der Waals surface area contributed by atoms with Crippen molar-refractivity contribution in [3.8, 4) is 22.9 Å². The van der Waals surface area contributed by atoms with E-state index in [1.54, 1.807) is 24.3 Å². The van der Waals surface area contributed by atoms with Gasteiger partial charge in [-0.05, 0) is 37.9 Å². The molecule has 162 valence electrons. The van der Waals surface area contributed by atoms with Crippen LogP contribution >= 0.6 is 11.6 Å². The standard InChI is InChI=1S/C24H22ClN5O2/c1-4-20(31)27-17-6-5-7-18(12-17)32-22-19(25)13-26-24-21(22)28-23(29-24)16-10-8-15(9-11-16)14-30(2)3/h4-13H,1,14H2,2-3H3,(H,27,31)(H,26,28,29). The van der Waals surface area contributed by atoms with Crippen LogP contribution in [0.25, 0.3) is 22.6 Å². The van der Waals surface area contributed by atoms with Crippen LogP contribution in [0.3, 0.4) is 0 Å². The van der Waals surface area contributed by atoms with Gasteiger partial charge in [0.05, 0.1) is 6.20 Å². The number of hydrogen-bond donors (Lipinski definition) is 2. The quantitative estimate of drug-likeness (QED) is 0.378. The summed E-state index contributed by atoms with van der Waals surface area (Å²) < 4.78 is 6.06. The minimum Gasteiger partial charge on any atom is -0.453 e. The summed E-state index contributed by atoms with van der Waals surface area (Å²) in [5.74, 6) is 1.28. The van der Waals surface area contributed by atoms with E-state index in [0.717, 1.165) is 12.1 Å². The van der Waals surface area contributed by atoms with E-state index >= 15 is 0 Å². The summed E-state index contributed by atoms with van der Waals surface area (Å²) in [7, 11) is 4.07. The van der Waals surface area contributed by atoms with Crippen LogP contribution in [0.2, 0.25) is 5.02 Å². The second-order valence-electron chi connectivity index (χ2n) is 7.48. The average Bonchev–Trinajstić information content (AvgIpc) is 3.21. The van der Waals surface area contributed by atoms with E-state index in [9.17, 15) is 4.79 Å². The number of aromatic amines is 1. The predicted molar refractivity (Wildman–Crippen MR) is 127 cm³/mol. The fourth-order valence-electron chi connectivity index (χ4n) is 3.23. The maximum atomic E-state index is 11.6. The van der Waals surface area contributed by atoms with Gasteiger partial charge in [0.25, 0.3) is 0 Å². The Balaban J connectivity index is 1.65. The van der Waals surface area contributed by atoms with Gasteiger partial charge in [0.2, 0.25) is 5.91 Å². The second kappa shape index (κ2) is 9.21. The highest BCUT2D eigenvalue weighted by Gasteiger charge is 2.16. The Morgan fingerprint density at radius 1 is 1.25 bits per heavy atom. The molecule has 0 saturated carbocycles. The molecular weight excluding hydrogens is 426 g/mol. The summed E-state index contributed by atoms with van der Waals surface area (Å²) in [6.45, 7) is 4.32. The molecule has 32 heavy (non-hydrogen) atoms. The van der Waals surface area contributed by atoms with Gasteiger partial charge in [-0.25, -0.2) is 9.97 Å². The second-order valence-corrected chi connectivity index (χ2v) is 7.88. The van der Waals surface area contributed by atoms with E-state index in [0.29, 0.717) is 39.2 Å². The monoisotopic (exact) mass is 447 g/mol. The molecule has 8 heteroatoms. The number of rotatable bonds is 7. The molecule has 0 aliphatic rings. The zero-order valence-corrected chi connectivity index (χ0v) is 18.5. The summed E-state index contributed by atoms with van der Waals surface area (Å²) in [5.41, 5.74) is 3.81. The van der Waals surface area contributed by atoms with Gasteiger partial charge in [-0.1, -0.05) is 48.5 Å². The van der Waals surface area contributed by atoms with E-state index in [2.05, 4.69) is 43.9 Å². The Morgan fingerprint density at radius 3 is 2.75 bits per heavy atom. The number of halogens is 1. The first kappa shape index (κ1) is 21.5. The van der Waals surface area contributed by atoms with Gasteiger partial charge in [0.15, 0.2) is 11.4 Å². The van der Waals surface area contributed by atoms with Crippen LogP contribution in [0.4, 0.5) is 5.69 Å². The molecule has 2 heterocycles. The number of imidazole rings is 1. The maximum Gasteiger partial charge on any atom is 0.247 e. The smallest absolute Gasteiger partial charge is 0.247 e. The topological polar surface area (TPSA) is 83.1 Å². The van der Waals surface area contributed by atoms with Crippen LogP contribution in [-0.2, 0) is 11.3 Å². The number of nitrogens with zero attached hydrogens (tertiary/aromatic N) is 3. The van der Waals surface area contributed by atoms with Gasteiger partial charge in [0.1, 0.15) is 22.1 Å². The normalized spacial score (nSPS) is 11.0. The van der Waals surface area contributed by atoms with Crippen LogP contribution in [0, 0.1) is 0 Å². The molecule has 4 aromatic rings. The Morgan fingerprint density at radius 2 is 2.03 bits per heavy atom. The number of nitrogens with one attached hydrogen (secondary N) is 2. The number of carbonyl (C=O) groups is 1. The lowest BCUT2D eigenvalue weighted by Crippen LogP contribution is -2.10. The van der Waals surface area contributed by atoms with Crippen molar-refractivity contribution in [2.75, 3.05) is 19.4 Å². The van der Waals surface area contributed by atoms with E-state index < -0.39 is 0 Å². The van der Waals surface area contributed by atoms with E-state index in [1.165, 1.54) is 17.8 Å². The molecule has 0 saturated heterocycles. The minimum atomic E-state index is -0.304. The molecule has 0 unspecified atom stereocenters. The zero-order valence-electron chi connectivity index (χ0n) is 17.7. The number of benzene rings is 2. The van der Waals surface area contributed by atoms with Gasteiger partial charge < -0.3 is 19.9 Å². The first-order valence-corrected chi connectivity index (χ1v) is 10.3. The van der Waals surface area contributed by atoms with Gasteiger partial charge in [-0.2, -0.15) is 0 Å². The number of amides is 1. The lowest BCUT2D eigenvalue weighted by molar-refractivity contribution is -0.111. The highest BCUT2D eigenvalue weighted by molar-refractivity contribution is 6.32. The highest BCUT2D eigenvalue weighted by atomic mass is 35.5. The molecule has 2 aromatic carbocycles. The SMILES string of the molecule is C=CC(=O)Nc1cccc(Oc2c(Cl)cnc3nc(-c4ccc(CN(C)C)cc4)[nH]c23)c1. The molecule has 0 atom stereocenters. The highest BCUT2D eigenvalue weighted by Crippen LogP contribution is 2.36. The molecule has 0 aliphatic heterocycles. The summed E-state index contributed by atoms with van der Waals surface area (Å²) in [6, 6.07) is 15.2. The van der Waals surface area contributed by atoms with Gasteiger partial charge in [-0.3, -0.25) is 4.79 Å². The summed E-state index contributed by atoms with van der Waals surface area (Å²) in [6.07, 6.45) is 2.71. The van der Waals surface area contributed by atoms with Crippen molar-refractivity contribution >= 4 is 34.4 Å². The van der Waals surface area contributed by atoms with Crippen molar-refractivity contribution in [2.45, 2.75) is 6.54 Å². The third-order valence-electron chi connectivity index (χ3n) is 4.66. The first-order valence-electron chi connectivity index (χ1n) is 9.92. The predicted octanol–water partition coefficient (Wildman–Crippen LogP) is 5.26. The van der Waals surface area contributed by atoms with Crippen molar-refractivity contribution in [2.24, 2.45) is 0 Å². The van der Waals surface area contributed by atoms with Crippen LogP contribution < -0.4 is 10.1 Å². The van der Waals surface area contributed by atoms with Gasteiger partial charge in [0, 0.05) is 23.9 Å². The van der Waals surface area contributed by atoms with Crippen LogP contribution in [0.15, 0.2) is 67.4 Å². The minimum absolute atomic E-state index is 0.304. The fourth-order valence-corrected chi connectivity index (χ4v) is 3.41. The maximum absolute atomic E-state index is 11.6. The molecule has 1 amide bonds. The van der Waals surface area contributed by atoms with Crippen molar-refractivity contribution < 1.29 is 9.53 Å². The number of hydrogen-bond acceptors (Lipinski definition) is 5. The summed E-state index contributed by atoms with van der Waals surface area (Å²) in [4.78, 5) is 25.9. The summed E-state index contributed by atoms with van der Waals surface area (Å²) >= 11 is 6.40. The number of anilines is 1. The Hall–Kier alpha value is -3.68. The number of pyridine rings is 1. The lowest BCUT2D eigenvalue weighted by Gasteiger charge is -2.10. The lowest BCUT2D eigenvalue weighted by atomic mass is 10.1. The molecule has 0 radical (unpaired) electrons. The zero-order chi connectivity index (χ0) is 22.7. The molecule has 0 fully saturated rings. The number of fused-ring (bicyclic) bond motifs is 1. The average molecular weight is 448 g/mol. The fraction of sp³-hybridized carbons (Fsp3) is 0.125. The van der Waals surface area contributed by atoms with Crippen LogP contribution in [0.1, 0.15) is 5.56 Å². The number of carbonyl (C=O) groups excluding carboxylic acids is 1. The van der Waals surface area contributed by atoms with E-state index in [1.807, 2.05) is 26.2 Å². The molecule has 2 aromatic heterocycles. The Bertz CT molecular complexity index is 1280. The molecule has 4 rings (SSSR count). The number of H-pyrrole nitrogens is 1. The molecule has 2 N–H and O–H groups in total. The molecular formula is C24H22ClN5O2. The Kier molecular flexibility index (Phi) is 6.20. The molecule has 0 aliphatic carbocycles. The first-order chi connectivity index (χ1) is 15.4. The van der Waals surface area contributed by atoms with Crippen molar-refractivity contribution in [3.05, 3.63) is 78.0 Å². The number of aromatic nitrogens is 3. The van der Waals surface area contributed by atoms with Gasteiger partial charge >= 0.3 is 0 Å². The van der Waals surface area contributed by atoms with E-state index in [4.69, 9.17) is 16.3 Å². The molecule has 0 spiro atoms. The van der Waals surface area contributed by atoms with Crippen LogP contribution in [0.5, 0.6) is 11.5 Å². The van der Waals surface area contributed by atoms with Gasteiger partial charge in [-0.15, -0.1) is 0 Å². The summed E-state index contributed by atoms with van der Waals surface area (Å²) in [5, 5.41) is 3.05. The Labute approximate surface area is 190 Å². The third-order valence-corrected chi connectivity index (χ3v) is 4.93.